The number of carbonyl (C=O) groups is 1. The van der Waals surface area contributed by atoms with Gasteiger partial charge in [0.2, 0.25) is 0 Å². The molecule has 2 N–H and O–H groups in total. The number of fused-ring (bicyclic) bond motifs is 2. The summed E-state index contributed by atoms with van der Waals surface area (Å²) in [5.41, 5.74) is 5.97. The largest absolute Gasteiger partial charge is 0.450 e. The van der Waals surface area contributed by atoms with Crippen LogP contribution in [0.25, 0.3) is 0 Å². The van der Waals surface area contributed by atoms with Gasteiger partial charge >= 0.3 is 6.09 Å². The van der Waals surface area contributed by atoms with Gasteiger partial charge in [0.1, 0.15) is 0 Å². The Morgan fingerprint density at radius 3 is 3.00 bits per heavy atom. The van der Waals surface area contributed by atoms with Crippen LogP contribution in [0.3, 0.4) is 0 Å². The molecule has 2 rings (SSSR count). The summed E-state index contributed by atoms with van der Waals surface area (Å²) in [4.78, 5) is 13.4. The number of nitrogens with zero attached hydrogens (tertiary/aromatic N) is 1. The van der Waals surface area contributed by atoms with Gasteiger partial charge in [0.15, 0.2) is 0 Å². The first-order valence-electron chi connectivity index (χ1n) is 5.41. The van der Waals surface area contributed by atoms with Gasteiger partial charge < -0.3 is 15.4 Å². The van der Waals surface area contributed by atoms with E-state index in [4.69, 9.17) is 10.5 Å². The highest BCUT2D eigenvalue weighted by molar-refractivity contribution is 5.68. The average molecular weight is 198 g/mol. The number of ether oxygens (including phenoxy) is 1. The first-order chi connectivity index (χ1) is 6.72. The molecule has 2 aliphatic rings. The van der Waals surface area contributed by atoms with E-state index in [0.717, 1.165) is 25.8 Å². The molecule has 80 valence electrons. The molecule has 0 spiro atoms. The lowest BCUT2D eigenvalue weighted by Crippen LogP contribution is -2.35. The zero-order valence-electron chi connectivity index (χ0n) is 8.61. The molecule has 0 aromatic rings. The molecule has 4 nitrogen and oxygen atoms in total. The molecule has 1 heterocycles. The number of nitrogens with two attached hydrogens (primary N) is 1. The summed E-state index contributed by atoms with van der Waals surface area (Å²) in [6.45, 7) is 3.09. The summed E-state index contributed by atoms with van der Waals surface area (Å²) in [6, 6.07) is 0.671. The van der Waals surface area contributed by atoms with Gasteiger partial charge in [-0.05, 0) is 32.1 Å². The predicted octanol–water partition coefficient (Wildman–Crippen LogP) is 0.954. The van der Waals surface area contributed by atoms with Crippen molar-refractivity contribution in [2.45, 2.75) is 38.3 Å². The Morgan fingerprint density at radius 2 is 2.36 bits per heavy atom. The molecule has 3 unspecified atom stereocenters. The third-order valence-electron chi connectivity index (χ3n) is 3.39. The molecule has 0 radical (unpaired) electrons. The second-order valence-corrected chi connectivity index (χ2v) is 4.24. The normalized spacial score (nSPS) is 35.9. The lowest BCUT2D eigenvalue weighted by atomic mass is 9.86. The molecular weight excluding hydrogens is 180 g/mol. The van der Waals surface area contributed by atoms with Gasteiger partial charge in [-0.2, -0.15) is 0 Å². The summed E-state index contributed by atoms with van der Waals surface area (Å²) in [7, 11) is 0. The Bertz CT molecular complexity index is 232. The molecule has 2 bridgehead atoms. The molecule has 1 saturated heterocycles. The molecule has 14 heavy (non-hydrogen) atoms. The van der Waals surface area contributed by atoms with Crippen LogP contribution in [0.4, 0.5) is 4.79 Å². The molecule has 3 atom stereocenters. The smallest absolute Gasteiger partial charge is 0.410 e. The summed E-state index contributed by atoms with van der Waals surface area (Å²) in [5, 5.41) is 0. The first kappa shape index (κ1) is 9.77. The van der Waals surface area contributed by atoms with Gasteiger partial charge in [-0.15, -0.1) is 0 Å². The molecule has 1 saturated carbocycles. The van der Waals surface area contributed by atoms with Gasteiger partial charge in [-0.25, -0.2) is 4.79 Å². The van der Waals surface area contributed by atoms with Crippen molar-refractivity contribution in [2.24, 2.45) is 11.7 Å². The maximum Gasteiger partial charge on any atom is 0.410 e. The van der Waals surface area contributed by atoms with Gasteiger partial charge in [0.25, 0.3) is 0 Å². The van der Waals surface area contributed by atoms with E-state index in [0.29, 0.717) is 18.6 Å². The zero-order chi connectivity index (χ0) is 10.1. The van der Waals surface area contributed by atoms with Crippen molar-refractivity contribution in [3.8, 4) is 0 Å². The third kappa shape index (κ3) is 1.59. The van der Waals surface area contributed by atoms with Gasteiger partial charge in [0.05, 0.1) is 6.61 Å². The van der Waals surface area contributed by atoms with Crippen LogP contribution < -0.4 is 5.73 Å². The fraction of sp³-hybridized carbons (Fsp3) is 0.900. The number of hydrogen-bond acceptors (Lipinski definition) is 3. The van der Waals surface area contributed by atoms with E-state index in [1.807, 2.05) is 11.8 Å². The standard InChI is InChI=1S/C10H18N2O2/c1-2-14-10(13)12-6-7-5-8(12)3-4-9(7)11/h7-9H,2-6,11H2,1H3. The van der Waals surface area contributed by atoms with Gasteiger partial charge in [0, 0.05) is 18.6 Å². The van der Waals surface area contributed by atoms with Crippen molar-refractivity contribution in [2.75, 3.05) is 13.2 Å². The summed E-state index contributed by atoms with van der Waals surface area (Å²) >= 11 is 0. The Hall–Kier alpha value is -0.770. The highest BCUT2D eigenvalue weighted by Gasteiger charge is 2.41. The van der Waals surface area contributed by atoms with Crippen molar-refractivity contribution in [3.05, 3.63) is 0 Å². The monoisotopic (exact) mass is 198 g/mol. The maximum absolute atomic E-state index is 11.6. The van der Waals surface area contributed by atoms with E-state index in [1.165, 1.54) is 0 Å². The summed E-state index contributed by atoms with van der Waals surface area (Å²) in [5.74, 6) is 0.498. The van der Waals surface area contributed by atoms with Crippen LogP contribution in [0.15, 0.2) is 0 Å². The fourth-order valence-corrected chi connectivity index (χ4v) is 2.59. The predicted molar refractivity (Wildman–Crippen MR) is 52.8 cm³/mol. The SMILES string of the molecule is CCOC(=O)N1CC2CC1CCC2N. The van der Waals surface area contributed by atoms with Crippen molar-refractivity contribution < 1.29 is 9.53 Å². The Kier molecular flexibility index (Phi) is 2.63. The van der Waals surface area contributed by atoms with E-state index in [1.54, 1.807) is 0 Å². The van der Waals surface area contributed by atoms with Crippen molar-refractivity contribution in [1.82, 2.24) is 4.90 Å². The lowest BCUT2D eigenvalue weighted by Gasteiger charge is -2.25. The number of likely N-dealkylation sites (tertiary alicyclic amines) is 1. The van der Waals surface area contributed by atoms with Crippen LogP contribution in [-0.4, -0.2) is 36.2 Å². The molecule has 0 aromatic carbocycles. The fourth-order valence-electron chi connectivity index (χ4n) is 2.59. The number of rotatable bonds is 1. The maximum atomic E-state index is 11.6. The van der Waals surface area contributed by atoms with Crippen molar-refractivity contribution in [3.63, 3.8) is 0 Å². The number of carbonyl (C=O) groups excluding carboxylic acids is 1. The molecule has 1 aliphatic carbocycles. The number of amides is 1. The zero-order valence-corrected chi connectivity index (χ0v) is 8.61. The molecule has 0 aromatic heterocycles. The van der Waals surface area contributed by atoms with E-state index >= 15 is 0 Å². The number of hydrogen-bond donors (Lipinski definition) is 1. The van der Waals surface area contributed by atoms with Crippen LogP contribution in [0.1, 0.15) is 26.2 Å². The van der Waals surface area contributed by atoms with E-state index in [9.17, 15) is 4.79 Å². The van der Waals surface area contributed by atoms with Crippen LogP contribution >= 0.6 is 0 Å². The second kappa shape index (κ2) is 3.77. The van der Waals surface area contributed by atoms with Crippen LogP contribution in [0.2, 0.25) is 0 Å². The minimum Gasteiger partial charge on any atom is -0.450 e. The average Bonchev–Trinajstić information content (AvgIpc) is 2.52. The highest BCUT2D eigenvalue weighted by atomic mass is 16.6. The minimum absolute atomic E-state index is 0.158. The highest BCUT2D eigenvalue weighted by Crippen LogP contribution is 2.34. The van der Waals surface area contributed by atoms with E-state index in [2.05, 4.69) is 0 Å². The van der Waals surface area contributed by atoms with E-state index in [-0.39, 0.29) is 12.1 Å². The van der Waals surface area contributed by atoms with Crippen molar-refractivity contribution in [1.29, 1.82) is 0 Å². The van der Waals surface area contributed by atoms with Gasteiger partial charge in [-0.1, -0.05) is 0 Å². The van der Waals surface area contributed by atoms with Crippen LogP contribution in [-0.2, 0) is 4.74 Å². The van der Waals surface area contributed by atoms with Crippen molar-refractivity contribution >= 4 is 6.09 Å². The minimum atomic E-state index is -0.158. The van der Waals surface area contributed by atoms with Gasteiger partial charge in [-0.3, -0.25) is 0 Å². The Labute approximate surface area is 84.4 Å². The Morgan fingerprint density at radius 1 is 1.57 bits per heavy atom. The molecule has 1 aliphatic heterocycles. The first-order valence-corrected chi connectivity index (χ1v) is 5.41. The van der Waals surface area contributed by atoms with Crippen LogP contribution in [0, 0.1) is 5.92 Å². The Balaban J connectivity index is 1.99. The molecule has 2 fully saturated rings. The lowest BCUT2D eigenvalue weighted by molar-refractivity contribution is 0.102. The molecular formula is C10H18N2O2. The quantitative estimate of drug-likeness (QED) is 0.682. The topological polar surface area (TPSA) is 55.6 Å². The summed E-state index contributed by atoms with van der Waals surface area (Å²) < 4.78 is 5.02. The third-order valence-corrected chi connectivity index (χ3v) is 3.39. The van der Waals surface area contributed by atoms with E-state index < -0.39 is 0 Å². The van der Waals surface area contributed by atoms with Crippen LogP contribution in [0.5, 0.6) is 0 Å². The molecule has 4 heteroatoms. The second-order valence-electron chi connectivity index (χ2n) is 4.24. The molecule has 1 amide bonds. The summed E-state index contributed by atoms with van der Waals surface area (Å²) in [6.07, 6.45) is 3.00.